The molecule has 0 bridgehead atoms. The van der Waals surface area contributed by atoms with Gasteiger partial charge in [-0.25, -0.2) is 4.68 Å². The van der Waals surface area contributed by atoms with E-state index in [0.717, 1.165) is 22.5 Å². The quantitative estimate of drug-likeness (QED) is 0.339. The minimum atomic E-state index is -0.211. The molecule has 6 nitrogen and oxygen atoms in total. The van der Waals surface area contributed by atoms with Crippen molar-refractivity contribution >= 4 is 23.3 Å². The molecule has 156 valence electrons. The summed E-state index contributed by atoms with van der Waals surface area (Å²) in [5.41, 5.74) is 4.07. The normalized spacial score (nSPS) is 10.5. The van der Waals surface area contributed by atoms with Crippen molar-refractivity contribution in [2.45, 2.75) is 19.4 Å². The van der Waals surface area contributed by atoms with E-state index < -0.39 is 0 Å². The number of ether oxygens (including phenoxy) is 1. The molecule has 0 aliphatic heterocycles. The maximum Gasteiger partial charge on any atom is 0.305 e. The van der Waals surface area contributed by atoms with Crippen LogP contribution < -0.4 is 5.32 Å². The van der Waals surface area contributed by atoms with Gasteiger partial charge in [0.25, 0.3) is 0 Å². The van der Waals surface area contributed by atoms with Crippen LogP contribution in [0, 0.1) is 0 Å². The maximum atomic E-state index is 11.2. The van der Waals surface area contributed by atoms with E-state index in [1.165, 1.54) is 7.11 Å². The Bertz CT molecular complexity index is 973. The minimum absolute atomic E-state index is 0.211. The van der Waals surface area contributed by atoms with Gasteiger partial charge in [-0.2, -0.15) is 5.10 Å². The first kappa shape index (κ1) is 21.5. The van der Waals surface area contributed by atoms with E-state index in [1.54, 1.807) is 0 Å². The highest BCUT2D eigenvalue weighted by molar-refractivity contribution is 7.80. The highest BCUT2D eigenvalue weighted by atomic mass is 32.1. The lowest BCUT2D eigenvalue weighted by molar-refractivity contribution is -0.140. The molecule has 1 aromatic heterocycles. The van der Waals surface area contributed by atoms with Gasteiger partial charge in [-0.1, -0.05) is 48.5 Å². The first-order valence-electron chi connectivity index (χ1n) is 9.83. The molecule has 30 heavy (non-hydrogen) atoms. The summed E-state index contributed by atoms with van der Waals surface area (Å²) in [6, 6.07) is 20.2. The zero-order valence-electron chi connectivity index (χ0n) is 17.2. The number of aromatic nitrogens is 2. The van der Waals surface area contributed by atoms with Crippen LogP contribution in [0.5, 0.6) is 0 Å². The van der Waals surface area contributed by atoms with Gasteiger partial charge in [0.2, 0.25) is 0 Å². The van der Waals surface area contributed by atoms with E-state index in [-0.39, 0.29) is 5.97 Å². The molecule has 7 heteroatoms. The lowest BCUT2D eigenvalue weighted by Gasteiger charge is -2.21. The summed E-state index contributed by atoms with van der Waals surface area (Å²) in [5.74, 6) is -0.211. The fraction of sp³-hybridized carbons (Fsp3) is 0.261. The Morgan fingerprint density at radius 2 is 1.80 bits per heavy atom. The zero-order valence-corrected chi connectivity index (χ0v) is 18.1. The van der Waals surface area contributed by atoms with Crippen LogP contribution in [0.4, 0.5) is 0 Å². The van der Waals surface area contributed by atoms with E-state index in [4.69, 9.17) is 17.3 Å². The van der Waals surface area contributed by atoms with Gasteiger partial charge in [0.1, 0.15) is 0 Å². The van der Waals surface area contributed by atoms with E-state index in [9.17, 15) is 4.79 Å². The second kappa shape index (κ2) is 10.5. The van der Waals surface area contributed by atoms with E-state index in [1.807, 2.05) is 71.4 Å². The molecule has 2 aromatic carbocycles. The number of esters is 1. The average molecular weight is 423 g/mol. The predicted molar refractivity (Wildman–Crippen MR) is 122 cm³/mol. The average Bonchev–Trinajstić information content (AvgIpc) is 3.21. The third kappa shape index (κ3) is 5.67. The summed E-state index contributed by atoms with van der Waals surface area (Å²) in [6.45, 7) is 1.23. The van der Waals surface area contributed by atoms with Crippen molar-refractivity contribution in [3.8, 4) is 16.9 Å². The van der Waals surface area contributed by atoms with Gasteiger partial charge in [-0.3, -0.25) is 4.79 Å². The SMILES string of the molecule is COC(=O)CCCNC(=S)N(C)Cc1cn(-c2ccccc2)nc1-c1ccccc1. The summed E-state index contributed by atoms with van der Waals surface area (Å²) in [7, 11) is 3.35. The van der Waals surface area contributed by atoms with Crippen molar-refractivity contribution < 1.29 is 9.53 Å². The van der Waals surface area contributed by atoms with Crippen LogP contribution in [0.25, 0.3) is 16.9 Å². The molecule has 0 radical (unpaired) electrons. The number of thiocarbonyl (C=S) groups is 1. The second-order valence-electron chi connectivity index (χ2n) is 6.92. The Kier molecular flexibility index (Phi) is 7.57. The number of hydrogen-bond donors (Lipinski definition) is 1. The minimum Gasteiger partial charge on any atom is -0.469 e. The van der Waals surface area contributed by atoms with Crippen molar-refractivity contribution in [3.05, 3.63) is 72.4 Å². The standard InChI is InChI=1S/C23H26N4O2S/c1-26(23(30)24-15-9-14-21(28)29-2)16-19-17-27(20-12-7-4-8-13-20)25-22(19)18-10-5-3-6-11-18/h3-8,10-13,17H,9,14-16H2,1-2H3,(H,24,30). The smallest absolute Gasteiger partial charge is 0.305 e. The fourth-order valence-corrected chi connectivity index (χ4v) is 3.24. The van der Waals surface area contributed by atoms with Gasteiger partial charge in [-0.05, 0) is 30.8 Å². The van der Waals surface area contributed by atoms with Crippen LogP contribution in [0.3, 0.4) is 0 Å². The van der Waals surface area contributed by atoms with Crippen LogP contribution >= 0.6 is 12.2 Å². The highest BCUT2D eigenvalue weighted by Crippen LogP contribution is 2.24. The third-order valence-corrected chi connectivity index (χ3v) is 5.13. The predicted octanol–water partition coefficient (Wildman–Crippen LogP) is 3.80. The summed E-state index contributed by atoms with van der Waals surface area (Å²) >= 11 is 5.51. The number of methoxy groups -OCH3 is 1. The first-order valence-corrected chi connectivity index (χ1v) is 10.2. The number of para-hydroxylation sites is 1. The number of nitrogens with zero attached hydrogens (tertiary/aromatic N) is 3. The van der Waals surface area contributed by atoms with E-state index in [0.29, 0.717) is 31.0 Å². The van der Waals surface area contributed by atoms with Crippen molar-refractivity contribution in [1.82, 2.24) is 20.0 Å². The molecule has 0 fully saturated rings. The molecule has 0 saturated heterocycles. The Morgan fingerprint density at radius 1 is 1.13 bits per heavy atom. The number of carbonyl (C=O) groups excluding carboxylic acids is 1. The van der Waals surface area contributed by atoms with Gasteiger partial charge in [0.15, 0.2) is 5.11 Å². The van der Waals surface area contributed by atoms with E-state index >= 15 is 0 Å². The number of benzene rings is 2. The number of hydrogen-bond acceptors (Lipinski definition) is 4. The van der Waals surface area contributed by atoms with Crippen LogP contribution in [0.1, 0.15) is 18.4 Å². The molecule has 0 unspecified atom stereocenters. The maximum absolute atomic E-state index is 11.2. The summed E-state index contributed by atoms with van der Waals surface area (Å²) in [6.07, 6.45) is 3.09. The monoisotopic (exact) mass is 422 g/mol. The Balaban J connectivity index is 1.73. The van der Waals surface area contributed by atoms with Gasteiger partial charge in [-0.15, -0.1) is 0 Å². The van der Waals surface area contributed by atoms with Crippen LogP contribution in [-0.2, 0) is 16.1 Å². The third-order valence-electron chi connectivity index (χ3n) is 4.67. The lowest BCUT2D eigenvalue weighted by Crippen LogP contribution is -2.37. The van der Waals surface area contributed by atoms with E-state index in [2.05, 4.69) is 22.2 Å². The van der Waals surface area contributed by atoms with Crippen LogP contribution in [0.2, 0.25) is 0 Å². The lowest BCUT2D eigenvalue weighted by atomic mass is 10.1. The molecule has 0 atom stereocenters. The Hall–Kier alpha value is -3.19. The highest BCUT2D eigenvalue weighted by Gasteiger charge is 2.15. The number of carbonyl (C=O) groups is 1. The second-order valence-corrected chi connectivity index (χ2v) is 7.30. The summed E-state index contributed by atoms with van der Waals surface area (Å²) in [5, 5.41) is 8.68. The number of nitrogens with one attached hydrogen (secondary N) is 1. The molecular weight excluding hydrogens is 396 g/mol. The molecule has 0 spiro atoms. The molecular formula is C23H26N4O2S. The topological polar surface area (TPSA) is 59.4 Å². The van der Waals surface area contributed by atoms with Crippen molar-refractivity contribution in [2.24, 2.45) is 0 Å². The van der Waals surface area contributed by atoms with Crippen LogP contribution in [0.15, 0.2) is 66.9 Å². The summed E-state index contributed by atoms with van der Waals surface area (Å²) in [4.78, 5) is 13.2. The van der Waals surface area contributed by atoms with Crippen molar-refractivity contribution in [3.63, 3.8) is 0 Å². The zero-order chi connectivity index (χ0) is 21.3. The molecule has 1 heterocycles. The fourth-order valence-electron chi connectivity index (χ4n) is 3.07. The number of rotatable bonds is 8. The summed E-state index contributed by atoms with van der Waals surface area (Å²) < 4.78 is 6.56. The van der Waals surface area contributed by atoms with Gasteiger partial charge in [0, 0.05) is 43.9 Å². The molecule has 0 aliphatic rings. The molecule has 3 rings (SSSR count). The Morgan fingerprint density at radius 3 is 2.47 bits per heavy atom. The van der Waals surface area contributed by atoms with Crippen molar-refractivity contribution in [1.29, 1.82) is 0 Å². The molecule has 0 aliphatic carbocycles. The van der Waals surface area contributed by atoms with Crippen molar-refractivity contribution in [2.75, 3.05) is 20.7 Å². The largest absolute Gasteiger partial charge is 0.469 e. The first-order chi connectivity index (χ1) is 14.6. The molecule has 0 amide bonds. The van der Waals surface area contributed by atoms with Gasteiger partial charge < -0.3 is 15.0 Å². The molecule has 0 saturated carbocycles. The Labute approximate surface area is 182 Å². The van der Waals surface area contributed by atoms with Gasteiger partial charge >= 0.3 is 5.97 Å². The van der Waals surface area contributed by atoms with Gasteiger partial charge in [0.05, 0.1) is 18.5 Å². The van der Waals surface area contributed by atoms with Crippen LogP contribution in [-0.4, -0.2) is 46.5 Å². The molecule has 1 N–H and O–H groups in total. The molecule has 3 aromatic rings.